The molecule has 0 saturated heterocycles. The largest absolute Gasteiger partial charge is 0.507 e. The van der Waals surface area contributed by atoms with Crippen molar-refractivity contribution < 1.29 is 13.3 Å². The highest BCUT2D eigenvalue weighted by Crippen LogP contribution is 2.41. The first kappa shape index (κ1) is 14.1. The van der Waals surface area contributed by atoms with Gasteiger partial charge in [0, 0.05) is 27.4 Å². The maximum atomic E-state index is 6.06. The topological polar surface area (TPSA) is 53.7 Å². The van der Waals surface area contributed by atoms with Crippen LogP contribution in [0, 0.1) is 0 Å². The van der Waals surface area contributed by atoms with Gasteiger partial charge in [-0.3, -0.25) is 0 Å². The summed E-state index contributed by atoms with van der Waals surface area (Å²) in [6, 6.07) is 0.00835. The van der Waals surface area contributed by atoms with Crippen molar-refractivity contribution in [3.63, 3.8) is 0 Å². The molecule has 0 aromatic rings. The molecule has 0 aliphatic carbocycles. The minimum absolute atomic E-state index is 0.00835. The second-order valence-corrected chi connectivity index (χ2v) is 7.53. The summed E-state index contributed by atoms with van der Waals surface area (Å²) in [6.07, 6.45) is 0.873. The lowest BCUT2D eigenvalue weighted by molar-refractivity contribution is 0.0887. The predicted octanol–water partition coefficient (Wildman–Crippen LogP) is 1.38. The van der Waals surface area contributed by atoms with E-state index in [1.807, 2.05) is 20.8 Å². The molecule has 0 spiro atoms. The van der Waals surface area contributed by atoms with Crippen LogP contribution < -0.4 is 5.73 Å². The fraction of sp³-hybridized carbons (Fsp3) is 1.00. The van der Waals surface area contributed by atoms with E-state index in [2.05, 4.69) is 0 Å². The minimum Gasteiger partial charge on any atom is -0.376 e. The lowest BCUT2D eigenvalue weighted by atomic mass is 10.0. The van der Waals surface area contributed by atoms with Gasteiger partial charge >= 0.3 is 8.80 Å². The molecule has 0 fully saturated rings. The first-order valence-electron chi connectivity index (χ1n) is 4.82. The highest BCUT2D eigenvalue weighted by molar-refractivity contribution is 6.64. The van der Waals surface area contributed by atoms with Crippen LogP contribution in [0.2, 0.25) is 5.04 Å². The SMILES string of the molecule is CCC(N)C(C)(C)[Si](OC)(OC)OC. The highest BCUT2D eigenvalue weighted by atomic mass is 28.4. The Hall–Kier alpha value is 0.0569. The third-order valence-electron chi connectivity index (χ3n) is 2.96. The van der Waals surface area contributed by atoms with Crippen molar-refractivity contribution in [2.24, 2.45) is 5.73 Å². The molecule has 2 N–H and O–H groups in total. The molecule has 4 nitrogen and oxygen atoms in total. The zero-order chi connectivity index (χ0) is 11.4. The molecule has 0 heterocycles. The summed E-state index contributed by atoms with van der Waals surface area (Å²) in [6.45, 7) is 6.11. The van der Waals surface area contributed by atoms with E-state index >= 15 is 0 Å². The molecular weight excluding hydrogens is 198 g/mol. The van der Waals surface area contributed by atoms with E-state index < -0.39 is 8.80 Å². The molecule has 0 aromatic carbocycles. The Kier molecular flexibility index (Phi) is 5.25. The van der Waals surface area contributed by atoms with Crippen molar-refractivity contribution in [1.29, 1.82) is 0 Å². The summed E-state index contributed by atoms with van der Waals surface area (Å²) in [7, 11) is 2.19. The summed E-state index contributed by atoms with van der Waals surface area (Å²) < 4.78 is 16.3. The fourth-order valence-corrected chi connectivity index (χ4v) is 4.51. The smallest absolute Gasteiger partial charge is 0.376 e. The monoisotopic (exact) mass is 221 g/mol. The molecule has 0 bridgehead atoms. The molecule has 14 heavy (non-hydrogen) atoms. The van der Waals surface area contributed by atoms with Gasteiger partial charge in [0.15, 0.2) is 0 Å². The van der Waals surface area contributed by atoms with Crippen LogP contribution in [0.3, 0.4) is 0 Å². The van der Waals surface area contributed by atoms with Gasteiger partial charge in [0.25, 0.3) is 0 Å². The summed E-state index contributed by atoms with van der Waals surface area (Å²) >= 11 is 0. The van der Waals surface area contributed by atoms with Crippen LogP contribution in [0.25, 0.3) is 0 Å². The quantitative estimate of drug-likeness (QED) is 0.689. The van der Waals surface area contributed by atoms with Gasteiger partial charge in [0.2, 0.25) is 0 Å². The van der Waals surface area contributed by atoms with Gasteiger partial charge in [0.1, 0.15) is 0 Å². The summed E-state index contributed by atoms with van der Waals surface area (Å²) in [5, 5.41) is -0.278. The van der Waals surface area contributed by atoms with Crippen LogP contribution in [-0.2, 0) is 13.3 Å². The number of hydrogen-bond donors (Lipinski definition) is 1. The van der Waals surface area contributed by atoms with E-state index in [1.165, 1.54) is 0 Å². The average Bonchev–Trinajstić information content (AvgIpc) is 2.19. The van der Waals surface area contributed by atoms with Gasteiger partial charge < -0.3 is 19.0 Å². The van der Waals surface area contributed by atoms with E-state index in [0.717, 1.165) is 6.42 Å². The molecule has 0 amide bonds. The Morgan fingerprint density at radius 3 is 1.71 bits per heavy atom. The van der Waals surface area contributed by atoms with Crippen molar-refractivity contribution in [3.05, 3.63) is 0 Å². The van der Waals surface area contributed by atoms with E-state index in [0.29, 0.717) is 0 Å². The lowest BCUT2D eigenvalue weighted by Gasteiger charge is -2.41. The normalized spacial score (nSPS) is 15.6. The zero-order valence-corrected chi connectivity index (χ0v) is 11.1. The summed E-state index contributed by atoms with van der Waals surface area (Å²) in [5.74, 6) is 0. The zero-order valence-electron chi connectivity index (χ0n) is 10.1. The Labute approximate surface area is 88.1 Å². The van der Waals surface area contributed by atoms with Crippen LogP contribution in [0.4, 0.5) is 0 Å². The molecule has 0 aliphatic heterocycles. The number of hydrogen-bond acceptors (Lipinski definition) is 4. The van der Waals surface area contributed by atoms with Crippen molar-refractivity contribution in [3.8, 4) is 0 Å². The van der Waals surface area contributed by atoms with Gasteiger partial charge in [0.05, 0.1) is 5.04 Å². The molecule has 0 aromatic heterocycles. The highest BCUT2D eigenvalue weighted by Gasteiger charge is 2.56. The Morgan fingerprint density at radius 1 is 1.14 bits per heavy atom. The summed E-state index contributed by atoms with van der Waals surface area (Å²) in [5.41, 5.74) is 6.06. The van der Waals surface area contributed by atoms with Crippen LogP contribution in [0.15, 0.2) is 0 Å². The third kappa shape index (κ3) is 2.17. The molecule has 1 atom stereocenters. The molecular formula is C9H23NO3Si. The minimum atomic E-state index is -2.65. The molecule has 0 saturated carbocycles. The average molecular weight is 221 g/mol. The number of nitrogens with two attached hydrogens (primary N) is 1. The van der Waals surface area contributed by atoms with Crippen molar-refractivity contribution >= 4 is 8.80 Å². The Balaban J connectivity index is 4.96. The second-order valence-electron chi connectivity index (χ2n) is 3.90. The van der Waals surface area contributed by atoms with Crippen molar-refractivity contribution in [2.75, 3.05) is 21.3 Å². The molecule has 1 unspecified atom stereocenters. The lowest BCUT2D eigenvalue weighted by Crippen LogP contribution is -2.58. The Morgan fingerprint density at radius 2 is 1.50 bits per heavy atom. The van der Waals surface area contributed by atoms with Crippen LogP contribution >= 0.6 is 0 Å². The van der Waals surface area contributed by atoms with Crippen LogP contribution in [0.5, 0.6) is 0 Å². The third-order valence-corrected chi connectivity index (χ3v) is 6.52. The van der Waals surface area contributed by atoms with Crippen molar-refractivity contribution in [1.82, 2.24) is 0 Å². The molecule has 5 heteroatoms. The standard InChI is InChI=1S/C9H23NO3Si/c1-7-8(10)9(2,3)14(11-4,12-5)13-6/h8H,7,10H2,1-6H3. The van der Waals surface area contributed by atoms with Crippen molar-refractivity contribution in [2.45, 2.75) is 38.3 Å². The molecule has 86 valence electrons. The number of rotatable bonds is 6. The maximum absolute atomic E-state index is 6.06. The molecule has 0 radical (unpaired) electrons. The first-order chi connectivity index (χ1) is 6.41. The van der Waals surface area contributed by atoms with Crippen LogP contribution in [0.1, 0.15) is 27.2 Å². The van der Waals surface area contributed by atoms with E-state index in [9.17, 15) is 0 Å². The van der Waals surface area contributed by atoms with Gasteiger partial charge in [-0.15, -0.1) is 0 Å². The summed E-state index contributed by atoms with van der Waals surface area (Å²) in [4.78, 5) is 0. The van der Waals surface area contributed by atoms with E-state index in [4.69, 9.17) is 19.0 Å². The maximum Gasteiger partial charge on any atom is 0.507 e. The predicted molar refractivity (Wildman–Crippen MR) is 59.1 cm³/mol. The fourth-order valence-electron chi connectivity index (χ4n) is 1.78. The van der Waals surface area contributed by atoms with Gasteiger partial charge in [-0.1, -0.05) is 20.8 Å². The van der Waals surface area contributed by atoms with Gasteiger partial charge in [-0.25, -0.2) is 0 Å². The Bertz CT molecular complexity index is 163. The van der Waals surface area contributed by atoms with Gasteiger partial charge in [-0.2, -0.15) is 0 Å². The van der Waals surface area contributed by atoms with E-state index in [1.54, 1.807) is 21.3 Å². The first-order valence-corrected chi connectivity index (χ1v) is 6.55. The molecule has 0 rings (SSSR count). The van der Waals surface area contributed by atoms with Crippen LogP contribution in [-0.4, -0.2) is 36.2 Å². The van der Waals surface area contributed by atoms with Gasteiger partial charge in [-0.05, 0) is 6.42 Å². The second kappa shape index (κ2) is 5.23. The molecule has 0 aliphatic rings. The van der Waals surface area contributed by atoms with E-state index in [-0.39, 0.29) is 11.1 Å².